The van der Waals surface area contributed by atoms with Crippen LogP contribution < -0.4 is 0 Å². The summed E-state index contributed by atoms with van der Waals surface area (Å²) in [5, 5.41) is 0. The summed E-state index contributed by atoms with van der Waals surface area (Å²) in [6.45, 7) is 0. The predicted molar refractivity (Wildman–Crippen MR) is 278 cm³/mol. The first-order valence-electron chi connectivity index (χ1n) is 24.7. The fraction of sp³-hybridized carbons (Fsp3) is 0.159. The molecular weight excluding hydrogens is 855 g/mol. The van der Waals surface area contributed by atoms with E-state index in [0.29, 0.717) is 52.5 Å². The first-order chi connectivity index (χ1) is 34.6. The molecule has 4 bridgehead atoms. The highest BCUT2D eigenvalue weighted by atomic mass is 15.1. The Bertz CT molecular complexity index is 3440. The lowest BCUT2D eigenvalue weighted by atomic mass is 9.43. The van der Waals surface area contributed by atoms with E-state index in [1.165, 1.54) is 71.0 Å². The van der Waals surface area contributed by atoms with Gasteiger partial charge in [-0.2, -0.15) is 0 Å². The highest BCUT2D eigenvalue weighted by Crippen LogP contribution is 2.70. The maximum Gasteiger partial charge on any atom is 0.182 e. The van der Waals surface area contributed by atoms with Crippen molar-refractivity contribution in [3.8, 4) is 102 Å². The zero-order chi connectivity index (χ0) is 46.2. The Kier molecular flexibility index (Phi) is 9.58. The summed E-state index contributed by atoms with van der Waals surface area (Å²) in [7, 11) is 0. The van der Waals surface area contributed by atoms with Crippen molar-refractivity contribution in [3.05, 3.63) is 211 Å². The molecule has 0 unspecified atom stereocenters. The number of benzene rings is 7. The molecule has 7 heteroatoms. The van der Waals surface area contributed by atoms with Crippen molar-refractivity contribution in [2.24, 2.45) is 23.7 Å². The summed E-state index contributed by atoms with van der Waals surface area (Å²) < 4.78 is 0. The molecule has 5 aliphatic carbocycles. The van der Waals surface area contributed by atoms with Crippen LogP contribution in [0.3, 0.4) is 0 Å². The Morgan fingerprint density at radius 3 is 1.21 bits per heavy atom. The molecule has 3 heterocycles. The van der Waals surface area contributed by atoms with Gasteiger partial charge < -0.3 is 0 Å². The highest BCUT2D eigenvalue weighted by Gasteiger charge is 2.61. The van der Waals surface area contributed by atoms with E-state index in [1.54, 1.807) is 0 Å². The molecule has 3 aromatic heterocycles. The van der Waals surface area contributed by atoms with Gasteiger partial charge in [0, 0.05) is 45.0 Å². The second-order valence-corrected chi connectivity index (χ2v) is 19.7. The third-order valence-corrected chi connectivity index (χ3v) is 15.8. The van der Waals surface area contributed by atoms with Crippen LogP contribution in [0.1, 0.15) is 43.2 Å². The molecule has 0 amide bonds. The number of rotatable bonds is 8. The van der Waals surface area contributed by atoms with Crippen molar-refractivity contribution in [1.29, 1.82) is 0 Å². The third-order valence-electron chi connectivity index (χ3n) is 15.8. The molecule has 0 N–H and O–H groups in total. The Balaban J connectivity index is 0.851. The van der Waals surface area contributed by atoms with E-state index < -0.39 is 0 Å². The van der Waals surface area contributed by atoms with Crippen LogP contribution in [0.5, 0.6) is 0 Å². The average molecular weight is 902 g/mol. The third kappa shape index (κ3) is 6.74. The van der Waals surface area contributed by atoms with Gasteiger partial charge in [-0.05, 0) is 107 Å². The number of nitrogens with zero attached hydrogens (tertiary/aromatic N) is 7. The average Bonchev–Trinajstić information content (AvgIpc) is 3.73. The van der Waals surface area contributed by atoms with Crippen molar-refractivity contribution in [3.63, 3.8) is 0 Å². The molecule has 0 radical (unpaired) electrons. The van der Waals surface area contributed by atoms with Gasteiger partial charge in [0.05, 0.1) is 0 Å². The fourth-order valence-corrected chi connectivity index (χ4v) is 13.0. The molecule has 7 nitrogen and oxygen atoms in total. The molecule has 7 aromatic carbocycles. The topological polar surface area (TPSA) is 90.2 Å². The van der Waals surface area contributed by atoms with Gasteiger partial charge in [0.25, 0.3) is 0 Å². The first-order valence-corrected chi connectivity index (χ1v) is 24.7. The van der Waals surface area contributed by atoms with Crippen LogP contribution in [0.25, 0.3) is 102 Å². The first kappa shape index (κ1) is 40.7. The Labute approximate surface area is 407 Å². The van der Waals surface area contributed by atoms with Crippen LogP contribution >= 0.6 is 0 Å². The maximum absolute atomic E-state index is 5.06. The molecule has 1 spiro atoms. The molecular formula is C63H47N7. The van der Waals surface area contributed by atoms with Gasteiger partial charge in [-0.1, -0.05) is 182 Å². The molecule has 0 aliphatic heterocycles. The van der Waals surface area contributed by atoms with E-state index in [9.17, 15) is 0 Å². The number of hydrogen-bond donors (Lipinski definition) is 0. The second-order valence-electron chi connectivity index (χ2n) is 19.7. The Morgan fingerprint density at radius 2 is 0.743 bits per heavy atom. The quantitative estimate of drug-likeness (QED) is 0.150. The normalized spacial score (nSPS) is 20.3. The molecule has 4 saturated carbocycles. The van der Waals surface area contributed by atoms with Gasteiger partial charge >= 0.3 is 0 Å². The number of aromatic nitrogens is 7. The van der Waals surface area contributed by atoms with E-state index in [1.807, 2.05) is 103 Å². The lowest BCUT2D eigenvalue weighted by Gasteiger charge is -2.61. The van der Waals surface area contributed by atoms with Crippen molar-refractivity contribution in [1.82, 2.24) is 34.9 Å². The predicted octanol–water partition coefficient (Wildman–Crippen LogP) is 14.5. The Hall–Kier alpha value is -8.29. The van der Waals surface area contributed by atoms with Crippen molar-refractivity contribution < 1.29 is 0 Å². The standard InChI is InChI=1S/C63H47N7/c1-5-14-42(15-6-1)57-65-58(43-16-7-2-8-17-43)67-61(66-57)46-26-24-41(25-27-46)51-22-13-23-53-56(51)52-30-28-47(37-54(52)63(53)49-33-39-32-40(35-49)36-50(63)34-39)48-29-31-55(64-38-48)62-69-59(44-18-9-3-10-19-44)68-60(70-62)45-20-11-4-12-21-45/h1-31,37-40,49-50H,32-36H2. The molecule has 15 rings (SSSR count). The van der Waals surface area contributed by atoms with Crippen molar-refractivity contribution >= 4 is 0 Å². The monoisotopic (exact) mass is 901 g/mol. The molecule has 0 saturated heterocycles. The van der Waals surface area contributed by atoms with E-state index >= 15 is 0 Å². The maximum atomic E-state index is 5.06. The van der Waals surface area contributed by atoms with E-state index in [-0.39, 0.29) is 5.41 Å². The summed E-state index contributed by atoms with van der Waals surface area (Å²) >= 11 is 0. The molecule has 70 heavy (non-hydrogen) atoms. The summed E-state index contributed by atoms with van der Waals surface area (Å²) in [5.74, 6) is 6.73. The molecule has 10 aromatic rings. The summed E-state index contributed by atoms with van der Waals surface area (Å²) in [6.07, 6.45) is 8.67. The number of pyridine rings is 1. The van der Waals surface area contributed by atoms with Crippen LogP contribution in [0.4, 0.5) is 0 Å². The smallest absolute Gasteiger partial charge is 0.182 e. The molecule has 4 fully saturated rings. The zero-order valence-corrected chi connectivity index (χ0v) is 38.5. The van der Waals surface area contributed by atoms with Gasteiger partial charge in [0.2, 0.25) is 0 Å². The summed E-state index contributed by atoms with van der Waals surface area (Å²) in [6, 6.07) is 68.1. The van der Waals surface area contributed by atoms with Gasteiger partial charge in [-0.15, -0.1) is 0 Å². The lowest BCUT2D eigenvalue weighted by Crippen LogP contribution is -2.55. The van der Waals surface area contributed by atoms with E-state index in [4.69, 9.17) is 34.9 Å². The summed E-state index contributed by atoms with van der Waals surface area (Å²) in [4.78, 5) is 34.9. The SMILES string of the molecule is c1ccc(-c2nc(-c3ccccc3)nc(-c3ccc(-c4cccc5c4-c4ccc(-c6ccc(-c7nc(-c8ccccc8)nc(-c8ccccc8)n7)nc6)cc4C54C5CC6CC(C5)CC4C6)cc3)n2)cc1. The van der Waals surface area contributed by atoms with Crippen LogP contribution in [0.15, 0.2) is 200 Å². The number of hydrogen-bond acceptors (Lipinski definition) is 7. The zero-order valence-electron chi connectivity index (χ0n) is 38.5. The lowest BCUT2D eigenvalue weighted by molar-refractivity contribution is -0.0399. The van der Waals surface area contributed by atoms with Crippen LogP contribution in [0, 0.1) is 23.7 Å². The number of fused-ring (bicyclic) bond motifs is 3. The van der Waals surface area contributed by atoms with Crippen LogP contribution in [0.2, 0.25) is 0 Å². The Morgan fingerprint density at radius 1 is 0.314 bits per heavy atom. The second kappa shape index (κ2) is 16.4. The molecule has 0 atom stereocenters. The van der Waals surface area contributed by atoms with E-state index in [0.717, 1.165) is 45.2 Å². The minimum absolute atomic E-state index is 0.0173. The van der Waals surface area contributed by atoms with Gasteiger partial charge in [0.1, 0.15) is 5.69 Å². The molecule has 334 valence electrons. The van der Waals surface area contributed by atoms with Crippen molar-refractivity contribution in [2.45, 2.75) is 37.5 Å². The fourth-order valence-electron chi connectivity index (χ4n) is 13.0. The van der Waals surface area contributed by atoms with Gasteiger partial charge in [-0.25, -0.2) is 29.9 Å². The van der Waals surface area contributed by atoms with Crippen LogP contribution in [-0.2, 0) is 5.41 Å². The minimum Gasteiger partial charge on any atom is -0.252 e. The van der Waals surface area contributed by atoms with E-state index in [2.05, 4.69) is 97.1 Å². The highest BCUT2D eigenvalue weighted by molar-refractivity contribution is 5.94. The van der Waals surface area contributed by atoms with Crippen LogP contribution in [-0.4, -0.2) is 34.9 Å². The largest absolute Gasteiger partial charge is 0.252 e. The summed E-state index contributed by atoms with van der Waals surface area (Å²) in [5.41, 5.74) is 16.0. The van der Waals surface area contributed by atoms with Gasteiger partial charge in [0.15, 0.2) is 34.9 Å². The molecule has 5 aliphatic rings. The van der Waals surface area contributed by atoms with Gasteiger partial charge in [-0.3, -0.25) is 4.98 Å². The minimum atomic E-state index is -0.0173. The van der Waals surface area contributed by atoms with Crippen molar-refractivity contribution in [2.75, 3.05) is 0 Å².